The molecule has 0 aliphatic carbocycles. The summed E-state index contributed by atoms with van der Waals surface area (Å²) in [6, 6.07) is 3.26. The predicted octanol–water partition coefficient (Wildman–Crippen LogP) is 3.72. The first-order valence-corrected chi connectivity index (χ1v) is 6.34. The van der Waals surface area contributed by atoms with Gasteiger partial charge in [0.25, 0.3) is 0 Å². The molecule has 0 N–H and O–H groups in total. The van der Waals surface area contributed by atoms with Gasteiger partial charge in [-0.05, 0) is 39.0 Å². The van der Waals surface area contributed by atoms with E-state index in [-0.39, 0.29) is 22.8 Å². The van der Waals surface area contributed by atoms with Crippen LogP contribution in [0.2, 0.25) is 0 Å². The first kappa shape index (κ1) is 13.9. The van der Waals surface area contributed by atoms with Crippen molar-refractivity contribution >= 4 is 11.6 Å². The van der Waals surface area contributed by atoms with Crippen LogP contribution in [0.25, 0.3) is 11.4 Å². The Balaban J connectivity index is 2.69. The van der Waals surface area contributed by atoms with E-state index in [9.17, 15) is 8.78 Å². The van der Waals surface area contributed by atoms with Crippen molar-refractivity contribution in [2.24, 2.45) is 0 Å². The van der Waals surface area contributed by atoms with E-state index in [4.69, 9.17) is 11.6 Å². The SMILES string of the molecule is CC(C)(C)n1c(CCl)nnc1-c1cc(F)ccc1F. The molecule has 0 aliphatic heterocycles. The Morgan fingerprint density at radius 3 is 2.47 bits per heavy atom. The van der Waals surface area contributed by atoms with Crippen LogP contribution in [0.4, 0.5) is 8.78 Å². The van der Waals surface area contributed by atoms with Gasteiger partial charge in [0.1, 0.15) is 17.5 Å². The average Bonchev–Trinajstić information content (AvgIpc) is 2.75. The molecule has 0 saturated heterocycles. The fourth-order valence-electron chi connectivity index (χ4n) is 1.95. The number of halogens is 3. The molecule has 0 bridgehead atoms. The average molecular weight is 286 g/mol. The highest BCUT2D eigenvalue weighted by Gasteiger charge is 2.25. The maximum absolute atomic E-state index is 13.9. The number of hydrogen-bond donors (Lipinski definition) is 0. The zero-order valence-electron chi connectivity index (χ0n) is 10.9. The minimum atomic E-state index is -0.541. The minimum absolute atomic E-state index is 0.0822. The molecule has 0 spiro atoms. The predicted molar refractivity (Wildman–Crippen MR) is 69.9 cm³/mol. The van der Waals surface area contributed by atoms with E-state index in [0.29, 0.717) is 5.82 Å². The molecule has 0 aliphatic rings. The summed E-state index contributed by atoms with van der Waals surface area (Å²) in [7, 11) is 0. The second-order valence-electron chi connectivity index (χ2n) is 5.20. The van der Waals surface area contributed by atoms with Gasteiger partial charge in [-0.1, -0.05) is 0 Å². The number of rotatable bonds is 2. The second kappa shape index (κ2) is 4.89. The Bertz CT molecular complexity index is 602. The molecule has 0 atom stereocenters. The molecular weight excluding hydrogens is 272 g/mol. The van der Waals surface area contributed by atoms with Crippen molar-refractivity contribution in [3.8, 4) is 11.4 Å². The first-order chi connectivity index (χ1) is 8.84. The summed E-state index contributed by atoms with van der Waals surface area (Å²) in [4.78, 5) is 0. The number of alkyl halides is 1. The number of benzene rings is 1. The van der Waals surface area contributed by atoms with Gasteiger partial charge in [-0.3, -0.25) is 0 Å². The first-order valence-electron chi connectivity index (χ1n) is 5.80. The maximum Gasteiger partial charge on any atom is 0.167 e. The standard InChI is InChI=1S/C13H14ClF2N3/c1-13(2,3)19-11(7-14)17-18-12(19)9-6-8(15)4-5-10(9)16/h4-6H,7H2,1-3H3. The summed E-state index contributed by atoms with van der Waals surface area (Å²) < 4.78 is 28.9. The normalized spacial score (nSPS) is 11.9. The highest BCUT2D eigenvalue weighted by atomic mass is 35.5. The van der Waals surface area contributed by atoms with Crippen LogP contribution in [0.5, 0.6) is 0 Å². The van der Waals surface area contributed by atoms with Gasteiger partial charge >= 0.3 is 0 Å². The van der Waals surface area contributed by atoms with Gasteiger partial charge in [0.05, 0.1) is 11.4 Å². The molecule has 1 heterocycles. The molecule has 0 saturated carbocycles. The van der Waals surface area contributed by atoms with Crippen LogP contribution in [0, 0.1) is 11.6 Å². The molecule has 0 amide bonds. The summed E-state index contributed by atoms with van der Waals surface area (Å²) in [5.41, 5.74) is -0.305. The van der Waals surface area contributed by atoms with Crippen molar-refractivity contribution in [2.75, 3.05) is 0 Å². The summed E-state index contributed by atoms with van der Waals surface area (Å²) in [6.45, 7) is 5.77. The molecule has 6 heteroatoms. The molecule has 1 aromatic carbocycles. The van der Waals surface area contributed by atoms with E-state index < -0.39 is 11.6 Å². The minimum Gasteiger partial charge on any atom is -0.305 e. The van der Waals surface area contributed by atoms with E-state index in [1.54, 1.807) is 4.57 Å². The summed E-state index contributed by atoms with van der Waals surface area (Å²) in [5.74, 6) is -0.109. The van der Waals surface area contributed by atoms with E-state index in [2.05, 4.69) is 10.2 Å². The van der Waals surface area contributed by atoms with Crippen molar-refractivity contribution in [3.05, 3.63) is 35.7 Å². The van der Waals surface area contributed by atoms with Gasteiger partial charge in [-0.15, -0.1) is 21.8 Å². The van der Waals surface area contributed by atoms with Gasteiger partial charge in [0.2, 0.25) is 0 Å². The Labute approximate surface area is 115 Å². The second-order valence-corrected chi connectivity index (χ2v) is 5.47. The molecule has 0 unspecified atom stereocenters. The van der Waals surface area contributed by atoms with E-state index in [1.165, 1.54) is 0 Å². The van der Waals surface area contributed by atoms with Gasteiger partial charge in [-0.2, -0.15) is 0 Å². The van der Waals surface area contributed by atoms with Gasteiger partial charge < -0.3 is 4.57 Å². The Kier molecular flexibility index (Phi) is 3.58. The van der Waals surface area contributed by atoms with Crippen molar-refractivity contribution in [2.45, 2.75) is 32.2 Å². The molecule has 102 valence electrons. The van der Waals surface area contributed by atoms with Gasteiger partial charge in [-0.25, -0.2) is 8.78 Å². The van der Waals surface area contributed by atoms with Gasteiger partial charge in [0, 0.05) is 5.54 Å². The molecule has 2 aromatic rings. The maximum atomic E-state index is 13.9. The van der Waals surface area contributed by atoms with E-state index in [0.717, 1.165) is 18.2 Å². The molecule has 19 heavy (non-hydrogen) atoms. The highest BCUT2D eigenvalue weighted by Crippen LogP contribution is 2.28. The molecule has 0 fully saturated rings. The number of nitrogens with zero attached hydrogens (tertiary/aromatic N) is 3. The molecule has 3 nitrogen and oxygen atoms in total. The monoisotopic (exact) mass is 285 g/mol. The van der Waals surface area contributed by atoms with Crippen LogP contribution < -0.4 is 0 Å². The topological polar surface area (TPSA) is 30.7 Å². The zero-order chi connectivity index (χ0) is 14.2. The molecule has 0 radical (unpaired) electrons. The Hall–Kier alpha value is -1.49. The lowest BCUT2D eigenvalue weighted by Gasteiger charge is -2.24. The lowest BCUT2D eigenvalue weighted by molar-refractivity contribution is 0.389. The van der Waals surface area contributed by atoms with Crippen molar-refractivity contribution in [3.63, 3.8) is 0 Å². The third-order valence-corrected chi connectivity index (χ3v) is 2.93. The summed E-state index contributed by atoms with van der Waals surface area (Å²) >= 11 is 5.82. The molecular formula is C13H14ClF2N3. The quantitative estimate of drug-likeness (QED) is 0.788. The largest absolute Gasteiger partial charge is 0.305 e. The third kappa shape index (κ3) is 2.61. The lowest BCUT2D eigenvalue weighted by Crippen LogP contribution is -2.25. The van der Waals surface area contributed by atoms with Crippen molar-refractivity contribution < 1.29 is 8.78 Å². The van der Waals surface area contributed by atoms with E-state index in [1.807, 2.05) is 20.8 Å². The van der Waals surface area contributed by atoms with Crippen LogP contribution in [0.3, 0.4) is 0 Å². The number of hydrogen-bond acceptors (Lipinski definition) is 2. The Morgan fingerprint density at radius 1 is 1.21 bits per heavy atom. The van der Waals surface area contributed by atoms with Crippen LogP contribution >= 0.6 is 11.6 Å². The zero-order valence-corrected chi connectivity index (χ0v) is 11.7. The Morgan fingerprint density at radius 2 is 1.89 bits per heavy atom. The summed E-state index contributed by atoms with van der Waals surface area (Å²) in [5, 5.41) is 7.89. The van der Waals surface area contributed by atoms with Crippen LogP contribution in [0.15, 0.2) is 18.2 Å². The van der Waals surface area contributed by atoms with Crippen LogP contribution in [-0.4, -0.2) is 14.8 Å². The fourth-order valence-corrected chi connectivity index (χ4v) is 2.12. The van der Waals surface area contributed by atoms with Gasteiger partial charge in [0.15, 0.2) is 5.82 Å². The van der Waals surface area contributed by atoms with E-state index >= 15 is 0 Å². The molecule has 2 rings (SSSR count). The third-order valence-electron chi connectivity index (χ3n) is 2.69. The number of aromatic nitrogens is 3. The smallest absolute Gasteiger partial charge is 0.167 e. The summed E-state index contributed by atoms with van der Waals surface area (Å²) in [6.07, 6.45) is 0. The molecule has 1 aromatic heterocycles. The van der Waals surface area contributed by atoms with Crippen molar-refractivity contribution in [1.29, 1.82) is 0 Å². The lowest BCUT2D eigenvalue weighted by atomic mass is 10.1. The van der Waals surface area contributed by atoms with Crippen LogP contribution in [0.1, 0.15) is 26.6 Å². The van der Waals surface area contributed by atoms with Crippen LogP contribution in [-0.2, 0) is 11.4 Å². The fraction of sp³-hybridized carbons (Fsp3) is 0.385. The van der Waals surface area contributed by atoms with Crippen molar-refractivity contribution in [1.82, 2.24) is 14.8 Å². The highest BCUT2D eigenvalue weighted by molar-refractivity contribution is 6.16.